The molecular formula is C21H30FN2O13P. The average molecular weight is 568 g/mol. The molecule has 1 aromatic rings. The Kier molecular flexibility index (Phi) is 8.39. The van der Waals surface area contributed by atoms with Crippen molar-refractivity contribution in [1.82, 2.24) is 9.55 Å². The molecule has 1 saturated heterocycles. The summed E-state index contributed by atoms with van der Waals surface area (Å²) in [6.45, 7) is 3.71. The van der Waals surface area contributed by atoms with Crippen LogP contribution in [0.4, 0.5) is 4.39 Å². The minimum atomic E-state index is -4.89. The number of ether oxygens (including phenoxy) is 3. The molecule has 1 aromatic heterocycles. The zero-order valence-electron chi connectivity index (χ0n) is 21.2. The SMILES string of the molecule is CC(C)C(=O)OCOP(=O)(OCOC(=O)C(C)C)OC1[C@]2(O)[C@@](C)(O)[C@H](n3ccc(=O)[nH]c3=O)O[C@]12CF. The van der Waals surface area contributed by atoms with Gasteiger partial charge in [-0.15, -0.1) is 0 Å². The van der Waals surface area contributed by atoms with Crippen LogP contribution >= 0.6 is 7.82 Å². The fourth-order valence-corrected chi connectivity index (χ4v) is 5.11. The molecule has 214 valence electrons. The molecule has 2 heterocycles. The first kappa shape index (κ1) is 30.1. The quantitative estimate of drug-likeness (QED) is 0.174. The van der Waals surface area contributed by atoms with Crippen molar-refractivity contribution >= 4 is 19.8 Å². The van der Waals surface area contributed by atoms with Gasteiger partial charge in [-0.1, -0.05) is 27.7 Å². The lowest BCUT2D eigenvalue weighted by Crippen LogP contribution is -2.51. The predicted molar refractivity (Wildman–Crippen MR) is 122 cm³/mol. The van der Waals surface area contributed by atoms with Gasteiger partial charge in [-0.3, -0.25) is 28.5 Å². The van der Waals surface area contributed by atoms with E-state index in [1.54, 1.807) is 0 Å². The lowest BCUT2D eigenvalue weighted by atomic mass is 9.94. The maximum Gasteiger partial charge on any atom is 0.481 e. The zero-order chi connectivity index (χ0) is 28.7. The monoisotopic (exact) mass is 568 g/mol. The molecule has 1 unspecified atom stereocenters. The van der Waals surface area contributed by atoms with Crippen LogP contribution in [-0.2, 0) is 41.9 Å². The summed E-state index contributed by atoms with van der Waals surface area (Å²) >= 11 is 0. The molecule has 15 nitrogen and oxygen atoms in total. The summed E-state index contributed by atoms with van der Waals surface area (Å²) in [5, 5.41) is 22.5. The van der Waals surface area contributed by atoms with E-state index in [1.165, 1.54) is 27.7 Å². The number of nitrogens with zero attached hydrogens (tertiary/aromatic N) is 1. The molecule has 0 radical (unpaired) electrons. The van der Waals surface area contributed by atoms with E-state index in [2.05, 4.69) is 0 Å². The van der Waals surface area contributed by atoms with Crippen LogP contribution in [-0.4, -0.2) is 74.9 Å². The smallest absolute Gasteiger partial charge is 0.438 e. The second kappa shape index (κ2) is 10.6. The van der Waals surface area contributed by atoms with E-state index >= 15 is 0 Å². The second-order valence-electron chi connectivity index (χ2n) is 9.59. The van der Waals surface area contributed by atoms with Crippen molar-refractivity contribution in [2.24, 2.45) is 11.8 Å². The molecule has 0 bridgehead atoms. The van der Waals surface area contributed by atoms with Gasteiger partial charge in [-0.05, 0) is 6.92 Å². The first-order valence-electron chi connectivity index (χ1n) is 11.5. The Morgan fingerprint density at radius 3 is 2.08 bits per heavy atom. The molecule has 0 amide bonds. The maximum absolute atomic E-state index is 14.4. The Morgan fingerprint density at radius 2 is 1.66 bits per heavy atom. The average Bonchev–Trinajstić information content (AvgIpc) is 3.27. The normalized spacial score (nSPS) is 30.4. The van der Waals surface area contributed by atoms with Crippen molar-refractivity contribution in [3.8, 4) is 0 Å². The summed E-state index contributed by atoms with van der Waals surface area (Å²) in [6, 6.07) is 0.942. The van der Waals surface area contributed by atoms with Crippen LogP contribution in [0.5, 0.6) is 0 Å². The van der Waals surface area contributed by atoms with Gasteiger partial charge in [0.2, 0.25) is 13.6 Å². The van der Waals surface area contributed by atoms with Crippen molar-refractivity contribution in [1.29, 1.82) is 0 Å². The van der Waals surface area contributed by atoms with Crippen molar-refractivity contribution in [3.63, 3.8) is 0 Å². The van der Waals surface area contributed by atoms with E-state index in [1.807, 2.05) is 4.98 Å². The van der Waals surface area contributed by atoms with E-state index in [0.717, 1.165) is 23.8 Å². The molecule has 1 aliphatic carbocycles. The Hall–Kier alpha value is -2.46. The highest BCUT2D eigenvalue weighted by molar-refractivity contribution is 7.48. The summed E-state index contributed by atoms with van der Waals surface area (Å²) in [5.41, 5.74) is -9.19. The summed E-state index contributed by atoms with van der Waals surface area (Å²) in [5.74, 6) is -2.60. The van der Waals surface area contributed by atoms with Gasteiger partial charge in [0.25, 0.3) is 5.56 Å². The number of aromatic amines is 1. The molecule has 3 rings (SSSR count). The van der Waals surface area contributed by atoms with Gasteiger partial charge in [0.1, 0.15) is 18.4 Å². The van der Waals surface area contributed by atoms with Crippen LogP contribution in [0.1, 0.15) is 40.8 Å². The number of hydrogen-bond donors (Lipinski definition) is 3. The number of phosphoric ester groups is 1. The maximum atomic E-state index is 14.4. The number of hydrogen-bond acceptors (Lipinski definition) is 13. The summed E-state index contributed by atoms with van der Waals surface area (Å²) in [4.78, 5) is 49.0. The number of fused-ring (bicyclic) bond motifs is 1. The van der Waals surface area contributed by atoms with E-state index < -0.39 is 92.2 Å². The highest BCUT2D eigenvalue weighted by Crippen LogP contribution is 2.71. The molecule has 38 heavy (non-hydrogen) atoms. The number of phosphoric acid groups is 1. The Morgan fingerprint density at radius 1 is 1.13 bits per heavy atom. The van der Waals surface area contributed by atoms with Crippen molar-refractivity contribution in [3.05, 3.63) is 33.1 Å². The fraction of sp³-hybridized carbons (Fsp3) is 0.714. The minimum Gasteiger partial charge on any atom is -0.438 e. The lowest BCUT2D eigenvalue weighted by Gasteiger charge is -2.33. The number of halogens is 1. The number of carbonyl (C=O) groups is 2. The lowest BCUT2D eigenvalue weighted by molar-refractivity contribution is -0.171. The number of alkyl halides is 1. The molecule has 1 saturated carbocycles. The minimum absolute atomic E-state index is 0.568. The van der Waals surface area contributed by atoms with E-state index in [-0.39, 0.29) is 0 Å². The Bertz CT molecular complexity index is 1200. The van der Waals surface area contributed by atoms with Crippen LogP contribution in [0.25, 0.3) is 0 Å². The van der Waals surface area contributed by atoms with Gasteiger partial charge >= 0.3 is 25.5 Å². The predicted octanol–water partition coefficient (Wildman–Crippen LogP) is 0.109. The topological polar surface area (TPSA) is 202 Å². The third-order valence-corrected chi connectivity index (χ3v) is 7.56. The van der Waals surface area contributed by atoms with Crippen LogP contribution in [0.15, 0.2) is 21.9 Å². The largest absolute Gasteiger partial charge is 0.481 e. The fourth-order valence-electron chi connectivity index (χ4n) is 3.97. The molecular weight excluding hydrogens is 538 g/mol. The molecule has 17 heteroatoms. The number of rotatable bonds is 12. The highest BCUT2D eigenvalue weighted by atomic mass is 31.2. The van der Waals surface area contributed by atoms with Crippen LogP contribution in [0.2, 0.25) is 0 Å². The molecule has 1 aliphatic heterocycles. The van der Waals surface area contributed by atoms with Crippen LogP contribution in [0.3, 0.4) is 0 Å². The van der Waals surface area contributed by atoms with Crippen molar-refractivity contribution in [2.45, 2.75) is 63.8 Å². The molecule has 5 atom stereocenters. The zero-order valence-corrected chi connectivity index (χ0v) is 22.1. The van der Waals surface area contributed by atoms with Crippen molar-refractivity contribution in [2.75, 3.05) is 20.3 Å². The molecule has 0 spiro atoms. The number of esters is 2. The third-order valence-electron chi connectivity index (χ3n) is 6.24. The summed E-state index contributed by atoms with van der Waals surface area (Å²) < 4.78 is 58.7. The second-order valence-corrected chi connectivity index (χ2v) is 11.2. The number of aromatic nitrogens is 2. The van der Waals surface area contributed by atoms with Crippen molar-refractivity contribution < 1.29 is 56.5 Å². The van der Waals surface area contributed by atoms with E-state index in [9.17, 15) is 38.3 Å². The van der Waals surface area contributed by atoms with Gasteiger partial charge in [-0.2, -0.15) is 0 Å². The van der Waals surface area contributed by atoms with Gasteiger partial charge in [0, 0.05) is 12.3 Å². The van der Waals surface area contributed by atoms with Gasteiger partial charge in [0.05, 0.1) is 11.8 Å². The summed E-state index contributed by atoms with van der Waals surface area (Å²) in [7, 11) is -4.89. The Labute approximate surface area is 215 Å². The Balaban J connectivity index is 1.84. The van der Waals surface area contributed by atoms with Gasteiger partial charge in [0.15, 0.2) is 17.4 Å². The van der Waals surface area contributed by atoms with Gasteiger partial charge in [-0.25, -0.2) is 22.8 Å². The van der Waals surface area contributed by atoms with Gasteiger partial charge < -0.3 is 24.4 Å². The van der Waals surface area contributed by atoms with E-state index in [0.29, 0.717) is 0 Å². The van der Waals surface area contributed by atoms with E-state index in [4.69, 9.17) is 27.8 Å². The van der Waals surface area contributed by atoms with Crippen LogP contribution in [0, 0.1) is 11.8 Å². The highest BCUT2D eigenvalue weighted by Gasteiger charge is 2.93. The first-order chi connectivity index (χ1) is 17.6. The number of nitrogens with one attached hydrogen (secondary N) is 1. The third kappa shape index (κ3) is 5.09. The van der Waals surface area contributed by atoms with Crippen LogP contribution < -0.4 is 11.2 Å². The molecule has 3 N–H and O–H groups in total. The number of H-pyrrole nitrogens is 1. The first-order valence-corrected chi connectivity index (χ1v) is 12.9. The number of aliphatic hydroxyl groups is 2. The standard InChI is InChI=1S/C21H30FN2O13P/c1-11(2)14(26)32-9-34-38(31,35-10-33-15(27)12(3)4)37-16-20(8-22)21(16,30)19(5,29)17(36-20)24-7-6-13(25)23-18(24)28/h6-7,11-12,16-17,29-30H,8-10H2,1-5H3,(H,23,25,28)/t16?,17-,19+,20-,21+/m1/s1. The number of carbonyl (C=O) groups excluding carboxylic acids is 2. The molecule has 2 fully saturated rings. The molecule has 2 aliphatic rings. The molecule has 0 aromatic carbocycles. The summed E-state index contributed by atoms with van der Waals surface area (Å²) in [6.07, 6.45) is -2.62.